The minimum Gasteiger partial charge on any atom is -0.332 e. The molecule has 2 amide bonds. The molecule has 0 radical (unpaired) electrons. The molecule has 3 N–H and O–H groups in total. The summed E-state index contributed by atoms with van der Waals surface area (Å²) < 4.78 is 0.896. The van der Waals surface area contributed by atoms with E-state index in [1.807, 2.05) is 13.0 Å². The van der Waals surface area contributed by atoms with Crippen molar-refractivity contribution >= 4 is 74.7 Å². The van der Waals surface area contributed by atoms with Crippen molar-refractivity contribution in [2.24, 2.45) is 0 Å². The predicted octanol–water partition coefficient (Wildman–Crippen LogP) is 5.20. The Kier molecular flexibility index (Phi) is 8.46. The maximum absolute atomic E-state index is 12.3. The Bertz CT molecular complexity index is 861. The molecular weight excluding hydrogens is 497 g/mol. The van der Waals surface area contributed by atoms with E-state index in [2.05, 4.69) is 38.5 Å². The first-order chi connectivity index (χ1) is 12.9. The van der Waals surface area contributed by atoms with Crippen molar-refractivity contribution in [3.05, 3.63) is 56.6 Å². The highest BCUT2D eigenvalue weighted by molar-refractivity contribution is 14.1. The van der Waals surface area contributed by atoms with Gasteiger partial charge in [0.15, 0.2) is 5.11 Å². The fraction of sp³-hybridized carbons (Fsp3) is 0.211. The summed E-state index contributed by atoms with van der Waals surface area (Å²) >= 11 is 13.4. The molecule has 0 spiro atoms. The molecule has 2 aromatic carbocycles. The maximum Gasteiger partial charge on any atom is 0.258 e. The summed E-state index contributed by atoms with van der Waals surface area (Å²) in [5, 5.41) is 8.88. The van der Waals surface area contributed by atoms with E-state index in [0.717, 1.165) is 16.4 Å². The summed E-state index contributed by atoms with van der Waals surface area (Å²) in [6.45, 7) is 2.04. The fourth-order valence-electron chi connectivity index (χ4n) is 2.24. The number of thiocarbonyl (C=S) groups is 1. The van der Waals surface area contributed by atoms with Crippen LogP contribution < -0.4 is 16.0 Å². The van der Waals surface area contributed by atoms with Crippen molar-refractivity contribution < 1.29 is 9.59 Å². The van der Waals surface area contributed by atoms with Crippen molar-refractivity contribution in [1.29, 1.82) is 0 Å². The molecule has 0 aliphatic heterocycles. The van der Waals surface area contributed by atoms with Crippen LogP contribution in [-0.2, 0) is 4.79 Å². The van der Waals surface area contributed by atoms with Crippen molar-refractivity contribution in [1.82, 2.24) is 5.32 Å². The van der Waals surface area contributed by atoms with Crippen molar-refractivity contribution in [3.63, 3.8) is 0 Å². The average Bonchev–Trinajstić information content (AvgIpc) is 2.62. The number of carbonyl (C=O) groups is 2. The van der Waals surface area contributed by atoms with Gasteiger partial charge >= 0.3 is 0 Å². The van der Waals surface area contributed by atoms with Gasteiger partial charge < -0.3 is 10.6 Å². The lowest BCUT2D eigenvalue weighted by atomic mass is 10.2. The first-order valence-corrected chi connectivity index (χ1v) is 10.2. The van der Waals surface area contributed by atoms with Crippen LogP contribution in [0.5, 0.6) is 0 Å². The summed E-state index contributed by atoms with van der Waals surface area (Å²) in [4.78, 5) is 24.2. The molecule has 0 bridgehead atoms. The second-order valence-electron chi connectivity index (χ2n) is 5.76. The smallest absolute Gasteiger partial charge is 0.258 e. The molecule has 142 valence electrons. The highest BCUT2D eigenvalue weighted by Gasteiger charge is 2.12. The van der Waals surface area contributed by atoms with Crippen LogP contribution in [0.25, 0.3) is 0 Å². The number of benzene rings is 2. The molecule has 0 fully saturated rings. The second-order valence-corrected chi connectivity index (χ2v) is 7.83. The van der Waals surface area contributed by atoms with Crippen LogP contribution in [0.2, 0.25) is 5.02 Å². The summed E-state index contributed by atoms with van der Waals surface area (Å²) in [6, 6.07) is 12.3. The molecule has 0 aromatic heterocycles. The molecular formula is C19H19ClIN3O2S. The Labute approximate surface area is 182 Å². The Morgan fingerprint density at radius 2 is 1.81 bits per heavy atom. The standard InChI is InChI=1S/C19H19ClIN3O2S/c1-2-3-7-17(25)22-13-5-4-6-14(11-13)23-19(27)24-18(26)15-10-12(21)8-9-16(15)20/h4-6,8-11H,2-3,7H2,1H3,(H,22,25)(H2,23,24,26,27). The van der Waals surface area contributed by atoms with Crippen LogP contribution in [0.4, 0.5) is 11.4 Å². The number of rotatable bonds is 6. The Morgan fingerprint density at radius 1 is 1.11 bits per heavy atom. The molecule has 0 saturated heterocycles. The average molecular weight is 516 g/mol. The van der Waals surface area contributed by atoms with Crippen LogP contribution in [0.15, 0.2) is 42.5 Å². The van der Waals surface area contributed by atoms with Crippen molar-refractivity contribution in [2.45, 2.75) is 26.2 Å². The van der Waals surface area contributed by atoms with E-state index in [9.17, 15) is 9.59 Å². The number of halogens is 2. The summed E-state index contributed by atoms with van der Waals surface area (Å²) in [7, 11) is 0. The van der Waals surface area contributed by atoms with E-state index in [-0.39, 0.29) is 16.9 Å². The number of carbonyl (C=O) groups excluding carboxylic acids is 2. The van der Waals surface area contributed by atoms with E-state index < -0.39 is 0 Å². The second kappa shape index (κ2) is 10.6. The minimum atomic E-state index is -0.389. The van der Waals surface area contributed by atoms with Gasteiger partial charge in [-0.05, 0) is 77.6 Å². The Hall–Kier alpha value is -1.71. The predicted molar refractivity (Wildman–Crippen MR) is 122 cm³/mol. The zero-order valence-corrected chi connectivity index (χ0v) is 18.4. The molecule has 0 heterocycles. The van der Waals surface area contributed by atoms with Crippen molar-refractivity contribution in [2.75, 3.05) is 10.6 Å². The third kappa shape index (κ3) is 7.08. The summed E-state index contributed by atoms with van der Waals surface area (Å²) in [5.74, 6) is -0.418. The highest BCUT2D eigenvalue weighted by Crippen LogP contribution is 2.19. The van der Waals surface area contributed by atoms with Gasteiger partial charge in [0.1, 0.15) is 0 Å². The Balaban J connectivity index is 1.97. The summed E-state index contributed by atoms with van der Waals surface area (Å²) in [5.41, 5.74) is 1.67. The van der Waals surface area contributed by atoms with E-state index >= 15 is 0 Å². The van der Waals surface area contributed by atoms with E-state index in [1.54, 1.807) is 36.4 Å². The van der Waals surface area contributed by atoms with Gasteiger partial charge in [-0.1, -0.05) is 31.0 Å². The van der Waals surface area contributed by atoms with Gasteiger partial charge in [0.05, 0.1) is 10.6 Å². The molecule has 27 heavy (non-hydrogen) atoms. The molecule has 0 unspecified atom stereocenters. The first-order valence-electron chi connectivity index (χ1n) is 8.36. The topological polar surface area (TPSA) is 70.2 Å². The number of anilines is 2. The monoisotopic (exact) mass is 515 g/mol. The van der Waals surface area contributed by atoms with Gasteiger partial charge in [0.2, 0.25) is 5.91 Å². The zero-order chi connectivity index (χ0) is 19.8. The third-order valence-electron chi connectivity index (χ3n) is 3.56. The normalized spacial score (nSPS) is 10.2. The van der Waals surface area contributed by atoms with Crippen LogP contribution in [-0.4, -0.2) is 16.9 Å². The van der Waals surface area contributed by atoms with E-state index in [4.69, 9.17) is 23.8 Å². The molecule has 2 aromatic rings. The Morgan fingerprint density at radius 3 is 2.52 bits per heavy atom. The van der Waals surface area contributed by atoms with Gasteiger partial charge in [-0.2, -0.15) is 0 Å². The summed E-state index contributed by atoms with van der Waals surface area (Å²) in [6.07, 6.45) is 2.30. The van der Waals surface area contributed by atoms with Gasteiger partial charge in [-0.15, -0.1) is 0 Å². The van der Waals surface area contributed by atoms with Gasteiger partial charge in [0, 0.05) is 21.4 Å². The molecule has 0 atom stereocenters. The number of amides is 2. The molecule has 5 nitrogen and oxygen atoms in total. The first kappa shape index (κ1) is 21.6. The van der Waals surface area contributed by atoms with Crippen LogP contribution in [0.3, 0.4) is 0 Å². The quantitative estimate of drug-likeness (QED) is 0.365. The molecule has 8 heteroatoms. The third-order valence-corrected chi connectivity index (χ3v) is 4.77. The maximum atomic E-state index is 12.3. The molecule has 0 aliphatic carbocycles. The molecule has 0 saturated carbocycles. The zero-order valence-electron chi connectivity index (χ0n) is 14.6. The minimum absolute atomic E-state index is 0.0294. The number of hydrogen-bond acceptors (Lipinski definition) is 3. The van der Waals surface area contributed by atoms with Gasteiger partial charge in [-0.3, -0.25) is 14.9 Å². The van der Waals surface area contributed by atoms with Crippen LogP contribution in [0.1, 0.15) is 36.5 Å². The van der Waals surface area contributed by atoms with Gasteiger partial charge in [-0.25, -0.2) is 0 Å². The fourth-order valence-corrected chi connectivity index (χ4v) is 3.14. The van der Waals surface area contributed by atoms with E-state index in [1.165, 1.54) is 0 Å². The van der Waals surface area contributed by atoms with E-state index in [0.29, 0.717) is 28.4 Å². The number of hydrogen-bond donors (Lipinski definition) is 3. The van der Waals surface area contributed by atoms with Crippen LogP contribution in [0, 0.1) is 3.57 Å². The lowest BCUT2D eigenvalue weighted by Gasteiger charge is -2.12. The lowest BCUT2D eigenvalue weighted by molar-refractivity contribution is -0.116. The molecule has 2 rings (SSSR count). The molecule has 0 aliphatic rings. The number of unbranched alkanes of at least 4 members (excludes halogenated alkanes) is 1. The van der Waals surface area contributed by atoms with Gasteiger partial charge in [0.25, 0.3) is 5.91 Å². The SMILES string of the molecule is CCCCC(=O)Nc1cccc(NC(=S)NC(=O)c2cc(I)ccc2Cl)c1. The largest absolute Gasteiger partial charge is 0.332 e. The van der Waals surface area contributed by atoms with Crippen molar-refractivity contribution in [3.8, 4) is 0 Å². The lowest BCUT2D eigenvalue weighted by Crippen LogP contribution is -2.34. The highest BCUT2D eigenvalue weighted by atomic mass is 127. The van der Waals surface area contributed by atoms with Crippen LogP contribution >= 0.6 is 46.4 Å². The number of nitrogens with one attached hydrogen (secondary N) is 3.